The Morgan fingerprint density at radius 3 is 2.62 bits per heavy atom. The van der Waals surface area contributed by atoms with Gasteiger partial charge in [-0.05, 0) is 31.4 Å². The van der Waals surface area contributed by atoms with E-state index in [0.717, 1.165) is 6.07 Å². The van der Waals surface area contributed by atoms with Gasteiger partial charge in [0.25, 0.3) is 5.91 Å². The second-order valence-electron chi connectivity index (χ2n) is 5.19. The lowest BCUT2D eigenvalue weighted by molar-refractivity contribution is 0.0722. The Hall–Kier alpha value is -1.54. The first kappa shape index (κ1) is 15.8. The molecule has 0 saturated carbocycles. The minimum Gasteiger partial charge on any atom is -0.337 e. The quantitative estimate of drug-likeness (QED) is 0.889. The molecule has 1 amide bonds. The van der Waals surface area contributed by atoms with Crippen molar-refractivity contribution in [1.82, 2.24) is 4.90 Å². The molecular weight excluding hydrogens is 302 g/mol. The Balaban J connectivity index is 2.26. The number of piperidine rings is 1. The minimum atomic E-state index is -3.75. The van der Waals surface area contributed by atoms with Gasteiger partial charge in [0, 0.05) is 19.2 Å². The lowest BCUT2D eigenvalue weighted by atomic mass is 10.1. The number of primary sulfonamides is 1. The van der Waals surface area contributed by atoms with Crippen molar-refractivity contribution in [3.63, 3.8) is 0 Å². The number of aryl methyl sites for hydroxylation is 1. The van der Waals surface area contributed by atoms with Gasteiger partial charge >= 0.3 is 0 Å². The number of likely N-dealkylation sites (tertiary alicyclic amines) is 1. The van der Waals surface area contributed by atoms with Crippen LogP contribution in [0.15, 0.2) is 12.1 Å². The molecule has 0 bridgehead atoms. The maximum Gasteiger partial charge on any atom is 0.256 e. The number of amides is 1. The summed E-state index contributed by atoms with van der Waals surface area (Å²) in [7, 11) is -3.75. The van der Waals surface area contributed by atoms with Crippen LogP contribution in [0.4, 0.5) is 8.78 Å². The summed E-state index contributed by atoms with van der Waals surface area (Å²) in [5.74, 6) is -2.34. The maximum absolute atomic E-state index is 13.7. The van der Waals surface area contributed by atoms with Crippen LogP contribution < -0.4 is 5.14 Å². The standard InChI is InChI=1S/C13H16F2N2O3S/c1-8-5-10(12(15)6-11(8)14)13(18)17-4-2-3-9(7-17)21(16,19)20/h5-6,9H,2-4,7H2,1H3,(H2,16,19,20). The van der Waals surface area contributed by atoms with E-state index in [-0.39, 0.29) is 17.7 Å². The van der Waals surface area contributed by atoms with E-state index in [1.54, 1.807) is 0 Å². The van der Waals surface area contributed by atoms with E-state index in [2.05, 4.69) is 0 Å². The Labute approximate surface area is 121 Å². The monoisotopic (exact) mass is 318 g/mol. The number of halogens is 2. The molecule has 1 aliphatic rings. The molecule has 2 rings (SSSR count). The number of nitrogens with zero attached hydrogens (tertiary/aromatic N) is 1. The van der Waals surface area contributed by atoms with Crippen LogP contribution in [0, 0.1) is 18.6 Å². The lowest BCUT2D eigenvalue weighted by Crippen LogP contribution is -2.47. The normalized spacial score (nSPS) is 19.6. The fourth-order valence-electron chi connectivity index (χ4n) is 2.38. The van der Waals surface area contributed by atoms with Gasteiger partial charge in [0.15, 0.2) is 0 Å². The minimum absolute atomic E-state index is 0.0759. The van der Waals surface area contributed by atoms with Crippen LogP contribution in [0.3, 0.4) is 0 Å². The van der Waals surface area contributed by atoms with Gasteiger partial charge in [0.1, 0.15) is 11.6 Å². The zero-order chi connectivity index (χ0) is 15.8. The number of nitrogens with two attached hydrogens (primary N) is 1. The number of rotatable bonds is 2. The molecule has 1 saturated heterocycles. The summed E-state index contributed by atoms with van der Waals surface area (Å²) in [5, 5.41) is 4.25. The SMILES string of the molecule is Cc1cc(C(=O)N2CCCC(S(N)(=O)=O)C2)c(F)cc1F. The van der Waals surface area contributed by atoms with E-state index in [9.17, 15) is 22.0 Å². The first-order valence-electron chi connectivity index (χ1n) is 6.46. The van der Waals surface area contributed by atoms with Gasteiger partial charge in [-0.15, -0.1) is 0 Å². The van der Waals surface area contributed by atoms with Crippen LogP contribution >= 0.6 is 0 Å². The van der Waals surface area contributed by atoms with Gasteiger partial charge in [0.2, 0.25) is 10.0 Å². The zero-order valence-electron chi connectivity index (χ0n) is 11.5. The average molecular weight is 318 g/mol. The van der Waals surface area contributed by atoms with Crippen molar-refractivity contribution in [3.8, 4) is 0 Å². The molecule has 0 spiro atoms. The fourth-order valence-corrected chi connectivity index (χ4v) is 3.27. The lowest BCUT2D eigenvalue weighted by Gasteiger charge is -2.31. The summed E-state index contributed by atoms with van der Waals surface area (Å²) in [6.07, 6.45) is 0.835. The van der Waals surface area contributed by atoms with E-state index in [1.165, 1.54) is 11.8 Å². The summed E-state index contributed by atoms with van der Waals surface area (Å²) < 4.78 is 49.7. The first-order chi connectivity index (χ1) is 9.70. The number of carbonyl (C=O) groups is 1. The molecule has 0 radical (unpaired) electrons. The number of sulfonamides is 1. The molecule has 1 unspecified atom stereocenters. The fraction of sp³-hybridized carbons (Fsp3) is 0.462. The second-order valence-corrected chi connectivity index (χ2v) is 7.03. The molecule has 116 valence electrons. The topological polar surface area (TPSA) is 80.5 Å². The predicted octanol–water partition coefficient (Wildman–Crippen LogP) is 1.17. The molecule has 1 aliphatic heterocycles. The highest BCUT2D eigenvalue weighted by molar-refractivity contribution is 7.89. The highest BCUT2D eigenvalue weighted by atomic mass is 32.2. The van der Waals surface area contributed by atoms with E-state index in [0.29, 0.717) is 25.5 Å². The average Bonchev–Trinajstić information content (AvgIpc) is 2.41. The van der Waals surface area contributed by atoms with Crippen molar-refractivity contribution in [3.05, 3.63) is 34.9 Å². The van der Waals surface area contributed by atoms with E-state index in [4.69, 9.17) is 5.14 Å². The third-order valence-corrected chi connectivity index (χ3v) is 4.92. The third-order valence-electron chi connectivity index (χ3n) is 3.61. The second kappa shape index (κ2) is 5.69. The number of hydrogen-bond acceptors (Lipinski definition) is 3. The van der Waals surface area contributed by atoms with Crippen molar-refractivity contribution < 1.29 is 22.0 Å². The Bertz CT molecular complexity index is 676. The number of hydrogen-bond donors (Lipinski definition) is 1. The molecule has 1 aromatic rings. The van der Waals surface area contributed by atoms with Crippen LogP contribution in [0.1, 0.15) is 28.8 Å². The van der Waals surface area contributed by atoms with Crippen molar-refractivity contribution in [1.29, 1.82) is 0 Å². The molecule has 5 nitrogen and oxygen atoms in total. The summed E-state index contributed by atoms with van der Waals surface area (Å²) >= 11 is 0. The van der Waals surface area contributed by atoms with Crippen molar-refractivity contribution in [2.24, 2.45) is 5.14 Å². The summed E-state index contributed by atoms with van der Waals surface area (Å²) in [6.45, 7) is 1.67. The van der Waals surface area contributed by atoms with Gasteiger partial charge in [-0.3, -0.25) is 4.79 Å². The van der Waals surface area contributed by atoms with Crippen LogP contribution in [0.25, 0.3) is 0 Å². The van der Waals surface area contributed by atoms with Crippen LogP contribution in [-0.2, 0) is 10.0 Å². The molecule has 21 heavy (non-hydrogen) atoms. The molecule has 1 atom stereocenters. The number of benzene rings is 1. The van der Waals surface area contributed by atoms with Crippen LogP contribution in [0.5, 0.6) is 0 Å². The predicted molar refractivity (Wildman–Crippen MR) is 73.1 cm³/mol. The zero-order valence-corrected chi connectivity index (χ0v) is 12.3. The van der Waals surface area contributed by atoms with Gasteiger partial charge < -0.3 is 4.90 Å². The van der Waals surface area contributed by atoms with E-state index >= 15 is 0 Å². The van der Waals surface area contributed by atoms with Crippen LogP contribution in [0.2, 0.25) is 0 Å². The van der Waals surface area contributed by atoms with Gasteiger partial charge in [-0.2, -0.15) is 0 Å². The number of carbonyl (C=O) groups excluding carboxylic acids is 1. The first-order valence-corrected chi connectivity index (χ1v) is 8.07. The van der Waals surface area contributed by atoms with Crippen molar-refractivity contribution in [2.75, 3.05) is 13.1 Å². The van der Waals surface area contributed by atoms with Crippen LogP contribution in [-0.4, -0.2) is 37.6 Å². The molecule has 0 aromatic heterocycles. The molecule has 0 aliphatic carbocycles. The summed E-state index contributed by atoms with van der Waals surface area (Å²) in [6, 6.07) is 1.79. The molecular formula is C13H16F2N2O3S. The maximum atomic E-state index is 13.7. The molecule has 2 N–H and O–H groups in total. The Morgan fingerprint density at radius 2 is 2.00 bits per heavy atom. The van der Waals surface area contributed by atoms with Gasteiger partial charge in [-0.25, -0.2) is 22.3 Å². The van der Waals surface area contributed by atoms with Gasteiger partial charge in [0.05, 0.1) is 10.8 Å². The highest BCUT2D eigenvalue weighted by Gasteiger charge is 2.31. The Kier molecular flexibility index (Phi) is 4.29. The smallest absolute Gasteiger partial charge is 0.256 e. The highest BCUT2D eigenvalue weighted by Crippen LogP contribution is 2.20. The van der Waals surface area contributed by atoms with Crippen molar-refractivity contribution in [2.45, 2.75) is 25.0 Å². The van der Waals surface area contributed by atoms with Gasteiger partial charge in [-0.1, -0.05) is 0 Å². The third kappa shape index (κ3) is 3.38. The molecule has 1 fully saturated rings. The summed E-state index contributed by atoms with van der Waals surface area (Å²) in [4.78, 5) is 13.5. The van der Waals surface area contributed by atoms with E-state index < -0.39 is 32.8 Å². The molecule has 1 aromatic carbocycles. The molecule has 8 heteroatoms. The van der Waals surface area contributed by atoms with Crippen molar-refractivity contribution >= 4 is 15.9 Å². The van der Waals surface area contributed by atoms with E-state index in [1.807, 2.05) is 0 Å². The summed E-state index contributed by atoms with van der Waals surface area (Å²) in [5.41, 5.74) is -0.108. The molecule has 1 heterocycles. The Morgan fingerprint density at radius 1 is 1.33 bits per heavy atom. The largest absolute Gasteiger partial charge is 0.337 e.